The Morgan fingerprint density at radius 1 is 0.584 bits per heavy atom. The first-order chi connectivity index (χ1) is 36.2. The third-order valence-corrected chi connectivity index (χ3v) is 14.0. The molecule has 8 rings (SSSR count). The maximum Gasteiger partial charge on any atom is 2.00 e. The van der Waals surface area contributed by atoms with Gasteiger partial charge < -0.3 is 34.9 Å². The SMILES string of the molecule is CCOc1ccc(NC(=O)c2cc3ccccc3c(N=Nc3cc(CC)cc(Cl)c3S(=O)(=O)O)c2O)cc1.CCOc1ccc(NC(=O)c2cc3ccccc3c(N=Nc3cc(CC)cc(Cl)c3S(=O)(=O)[O-])c2[O-])cc1.[Ba+2]. The molecule has 0 radical (unpaired) electrons. The van der Waals surface area contributed by atoms with E-state index in [1.54, 1.807) is 97.1 Å². The van der Waals surface area contributed by atoms with Crippen LogP contribution in [0.15, 0.2) is 164 Å². The van der Waals surface area contributed by atoms with E-state index >= 15 is 0 Å². The molecule has 0 atom stereocenters. The molecular formula is C54H46BaCl2N6O12S2. The monoisotopic (exact) mass is 1240 g/mol. The van der Waals surface area contributed by atoms with E-state index in [4.69, 9.17) is 32.7 Å². The van der Waals surface area contributed by atoms with E-state index in [1.807, 2.05) is 27.7 Å². The van der Waals surface area contributed by atoms with E-state index < -0.39 is 53.3 Å². The summed E-state index contributed by atoms with van der Waals surface area (Å²) in [5.74, 6) is -1.15. The Morgan fingerprint density at radius 3 is 1.45 bits per heavy atom. The van der Waals surface area contributed by atoms with Gasteiger partial charge in [0.25, 0.3) is 21.9 Å². The first kappa shape index (κ1) is 59.8. The molecule has 0 saturated carbocycles. The summed E-state index contributed by atoms with van der Waals surface area (Å²) in [6.07, 6.45) is 1.00. The Balaban J connectivity index is 0.000000246. The molecule has 392 valence electrons. The second-order valence-corrected chi connectivity index (χ2v) is 19.9. The number of rotatable bonds is 16. The molecule has 0 aliphatic carbocycles. The van der Waals surface area contributed by atoms with Gasteiger partial charge in [0.1, 0.15) is 48.5 Å². The number of ether oxygens (including phenoxy) is 2. The smallest absolute Gasteiger partial charge is 0.870 e. The van der Waals surface area contributed by atoms with Crippen LogP contribution < -0.4 is 25.2 Å². The first-order valence-electron chi connectivity index (χ1n) is 23.2. The van der Waals surface area contributed by atoms with Gasteiger partial charge in [0, 0.05) is 27.7 Å². The second kappa shape index (κ2) is 26.3. The van der Waals surface area contributed by atoms with Crippen LogP contribution in [0.4, 0.5) is 34.1 Å². The number of carbonyl (C=O) groups excluding carboxylic acids is 2. The number of phenolic OH excluding ortho intramolecular Hbond substituents is 1. The van der Waals surface area contributed by atoms with Crippen molar-refractivity contribution in [3.8, 4) is 23.0 Å². The first-order valence-corrected chi connectivity index (χ1v) is 26.8. The van der Waals surface area contributed by atoms with Gasteiger partial charge >= 0.3 is 48.9 Å². The average Bonchev–Trinajstić information content (AvgIpc) is 3.39. The van der Waals surface area contributed by atoms with Gasteiger partial charge in [0.2, 0.25) is 0 Å². The van der Waals surface area contributed by atoms with Crippen molar-refractivity contribution in [2.75, 3.05) is 23.8 Å². The quantitative estimate of drug-likeness (QED) is 0.0399. The molecule has 8 aromatic carbocycles. The predicted molar refractivity (Wildman–Crippen MR) is 294 cm³/mol. The van der Waals surface area contributed by atoms with Crippen molar-refractivity contribution in [3.05, 3.63) is 166 Å². The molecule has 2 amide bonds. The Morgan fingerprint density at radius 2 is 1.00 bits per heavy atom. The van der Waals surface area contributed by atoms with Crippen molar-refractivity contribution < 1.29 is 55.2 Å². The maximum atomic E-state index is 13.4. The van der Waals surface area contributed by atoms with Crippen molar-refractivity contribution in [2.24, 2.45) is 20.5 Å². The third-order valence-electron chi connectivity index (χ3n) is 11.3. The second-order valence-electron chi connectivity index (χ2n) is 16.4. The van der Waals surface area contributed by atoms with Crippen LogP contribution in [0.2, 0.25) is 10.0 Å². The fourth-order valence-electron chi connectivity index (χ4n) is 7.70. The summed E-state index contributed by atoms with van der Waals surface area (Å²) in [7, 11) is -9.73. The summed E-state index contributed by atoms with van der Waals surface area (Å²) in [5, 5.41) is 47.5. The van der Waals surface area contributed by atoms with Gasteiger partial charge in [0.05, 0.1) is 34.5 Å². The standard InChI is InChI=1S/2C27H24ClN3O6S.Ba/c2*1-3-16-13-22(28)26(38(34,35)36)23(14-16)30-31-24-20-8-6-5-7-17(20)15-21(25(24)32)27(33)29-18-9-11-19(12-10-18)37-4-2;/h2*5-15,32H,3-4H2,1-2H3,(H,29,33)(H,34,35,36);/q;;+2/p-2. The molecule has 0 saturated heterocycles. The Kier molecular flexibility index (Phi) is 20.4. The van der Waals surface area contributed by atoms with Crippen LogP contribution in [0.25, 0.3) is 21.5 Å². The minimum atomic E-state index is -5.00. The average molecular weight is 1240 g/mol. The van der Waals surface area contributed by atoms with Crippen LogP contribution in [0, 0.1) is 0 Å². The van der Waals surface area contributed by atoms with Crippen LogP contribution in [-0.2, 0) is 33.1 Å². The van der Waals surface area contributed by atoms with Gasteiger partial charge in [-0.15, -0.1) is 15.3 Å². The number of halogens is 2. The molecule has 23 heteroatoms. The fourth-order valence-corrected chi connectivity index (χ4v) is 10.1. The topological polar surface area (TPSA) is 281 Å². The molecule has 4 N–H and O–H groups in total. The summed E-state index contributed by atoms with van der Waals surface area (Å²) < 4.78 is 80.1. The zero-order valence-corrected chi connectivity index (χ0v) is 49.2. The van der Waals surface area contributed by atoms with Crippen molar-refractivity contribution in [1.29, 1.82) is 0 Å². The number of hydrogen-bond acceptors (Lipinski definition) is 15. The number of benzene rings is 8. The van der Waals surface area contributed by atoms with Crippen LogP contribution in [0.1, 0.15) is 59.5 Å². The molecule has 0 aliphatic heterocycles. The van der Waals surface area contributed by atoms with Gasteiger partial charge in [-0.25, -0.2) is 8.42 Å². The summed E-state index contributed by atoms with van der Waals surface area (Å²) in [6, 6.07) is 35.6. The molecule has 0 aliphatic rings. The normalized spacial score (nSPS) is 11.5. The molecule has 77 heavy (non-hydrogen) atoms. The number of anilines is 2. The van der Waals surface area contributed by atoms with Crippen LogP contribution in [-0.4, -0.2) is 105 Å². The van der Waals surface area contributed by atoms with E-state index in [0.717, 1.165) is 0 Å². The zero-order valence-electron chi connectivity index (χ0n) is 41.6. The summed E-state index contributed by atoms with van der Waals surface area (Å²) in [6.45, 7) is 8.38. The van der Waals surface area contributed by atoms with Gasteiger partial charge in [0.15, 0.2) is 5.75 Å². The van der Waals surface area contributed by atoms with E-state index in [0.29, 0.717) is 81.6 Å². The molecular weight excluding hydrogens is 1200 g/mol. The van der Waals surface area contributed by atoms with Gasteiger partial charge in [-0.1, -0.05) is 91.3 Å². The van der Waals surface area contributed by atoms with E-state index in [1.165, 1.54) is 36.4 Å². The van der Waals surface area contributed by atoms with E-state index in [9.17, 15) is 45.7 Å². The number of hydrogen-bond donors (Lipinski definition) is 4. The van der Waals surface area contributed by atoms with Crippen LogP contribution >= 0.6 is 23.2 Å². The Bertz CT molecular complexity index is 3560. The van der Waals surface area contributed by atoms with Crippen molar-refractivity contribution in [2.45, 2.75) is 50.3 Å². The summed E-state index contributed by atoms with van der Waals surface area (Å²) in [5.41, 5.74) is 1.21. The Labute approximate surface area is 493 Å². The number of nitrogens with zero attached hydrogens (tertiary/aromatic N) is 4. The molecule has 18 nitrogen and oxygen atoms in total. The molecule has 0 bridgehead atoms. The molecule has 0 fully saturated rings. The molecule has 0 unspecified atom stereocenters. The molecule has 0 aromatic heterocycles. The number of nitrogens with one attached hydrogen (secondary N) is 2. The molecule has 8 aromatic rings. The van der Waals surface area contributed by atoms with Crippen LogP contribution in [0.3, 0.4) is 0 Å². The van der Waals surface area contributed by atoms with E-state index in [-0.39, 0.29) is 92.8 Å². The Hall–Kier alpha value is -6.41. The summed E-state index contributed by atoms with van der Waals surface area (Å²) >= 11 is 12.2. The number of amides is 2. The minimum absolute atomic E-state index is 0. The van der Waals surface area contributed by atoms with Gasteiger partial charge in [-0.3, -0.25) is 14.1 Å². The number of aryl methyl sites for hydroxylation is 2. The number of carbonyl (C=O) groups is 2. The maximum absolute atomic E-state index is 13.4. The predicted octanol–water partition coefficient (Wildman–Crippen LogP) is 12.8. The van der Waals surface area contributed by atoms with E-state index in [2.05, 4.69) is 31.1 Å². The number of aromatic hydroxyl groups is 1. The fraction of sp³-hybridized carbons (Fsp3) is 0.148. The third kappa shape index (κ3) is 14.6. The number of fused-ring (bicyclic) bond motifs is 2. The zero-order chi connectivity index (χ0) is 54.9. The molecule has 0 spiro atoms. The largest absolute Gasteiger partial charge is 2.00 e. The minimum Gasteiger partial charge on any atom is -0.870 e. The number of azo groups is 2. The van der Waals surface area contributed by atoms with Crippen molar-refractivity contribution in [3.63, 3.8) is 0 Å². The van der Waals surface area contributed by atoms with Crippen molar-refractivity contribution in [1.82, 2.24) is 0 Å². The molecule has 0 heterocycles. The van der Waals surface area contributed by atoms with Gasteiger partial charge in [-0.05, 0) is 134 Å². The van der Waals surface area contributed by atoms with Gasteiger partial charge in [-0.2, -0.15) is 13.5 Å². The van der Waals surface area contributed by atoms with Crippen molar-refractivity contribution >= 4 is 160 Å². The summed E-state index contributed by atoms with van der Waals surface area (Å²) in [4.78, 5) is 24.9. The van der Waals surface area contributed by atoms with Crippen LogP contribution in [0.5, 0.6) is 23.0 Å². The number of phenols is 1.